The van der Waals surface area contributed by atoms with E-state index in [0.29, 0.717) is 5.57 Å². The summed E-state index contributed by atoms with van der Waals surface area (Å²) in [6.45, 7) is 13.2. The SMILES string of the molecule is CC(C)C1=C(O)C(O)C2=C(CC[C@@]3(C)C(C)(C)CCCC23C)C1O. The summed E-state index contributed by atoms with van der Waals surface area (Å²) in [7, 11) is 0. The molecular weight excluding hydrogens is 300 g/mol. The van der Waals surface area contributed by atoms with Gasteiger partial charge in [-0.15, -0.1) is 0 Å². The fourth-order valence-corrected chi connectivity index (χ4v) is 6.10. The van der Waals surface area contributed by atoms with Crippen LogP contribution in [0.3, 0.4) is 0 Å². The molecule has 136 valence electrons. The first kappa shape index (κ1) is 18.0. The topological polar surface area (TPSA) is 60.7 Å². The molecule has 3 heteroatoms. The molecule has 0 aliphatic heterocycles. The van der Waals surface area contributed by atoms with Gasteiger partial charge in [-0.25, -0.2) is 0 Å². The quantitative estimate of drug-likeness (QED) is 0.619. The number of fused-ring (bicyclic) bond motifs is 2. The molecule has 4 atom stereocenters. The molecule has 0 radical (unpaired) electrons. The standard InChI is InChI=1S/C21H34O3/c1-12(2)14-16(22)13-8-11-21(6)19(3,4)9-7-10-20(21,5)15(13)18(24)17(14)23/h12,16,18,22-24H,7-11H2,1-6H3/t16?,18?,20?,21-/m0/s1. The lowest BCUT2D eigenvalue weighted by Gasteiger charge is -2.64. The van der Waals surface area contributed by atoms with E-state index in [2.05, 4.69) is 27.7 Å². The maximum Gasteiger partial charge on any atom is 0.133 e. The number of rotatable bonds is 1. The van der Waals surface area contributed by atoms with Crippen LogP contribution in [0.15, 0.2) is 22.5 Å². The van der Waals surface area contributed by atoms with Gasteiger partial charge in [-0.1, -0.05) is 48.0 Å². The predicted octanol–water partition coefficient (Wildman–Crippen LogP) is 4.50. The van der Waals surface area contributed by atoms with Crippen LogP contribution in [0.25, 0.3) is 0 Å². The third-order valence-corrected chi connectivity index (χ3v) is 8.10. The van der Waals surface area contributed by atoms with E-state index in [-0.39, 0.29) is 27.9 Å². The van der Waals surface area contributed by atoms with Crippen molar-refractivity contribution in [2.75, 3.05) is 0 Å². The molecule has 3 nitrogen and oxygen atoms in total. The molecule has 0 aromatic rings. The van der Waals surface area contributed by atoms with Crippen molar-refractivity contribution in [3.05, 3.63) is 22.5 Å². The maximum absolute atomic E-state index is 11.0. The molecular formula is C21H34O3. The highest BCUT2D eigenvalue weighted by atomic mass is 16.3. The van der Waals surface area contributed by atoms with Crippen molar-refractivity contribution in [1.82, 2.24) is 0 Å². The molecule has 3 N–H and O–H groups in total. The predicted molar refractivity (Wildman–Crippen MR) is 96.6 cm³/mol. The van der Waals surface area contributed by atoms with Crippen LogP contribution in [0, 0.1) is 22.2 Å². The van der Waals surface area contributed by atoms with Crippen LogP contribution in [0.2, 0.25) is 0 Å². The van der Waals surface area contributed by atoms with Crippen molar-refractivity contribution in [3.63, 3.8) is 0 Å². The molecule has 0 saturated heterocycles. The van der Waals surface area contributed by atoms with Crippen LogP contribution in [-0.2, 0) is 0 Å². The zero-order valence-electron chi connectivity index (χ0n) is 16.1. The van der Waals surface area contributed by atoms with Gasteiger partial charge in [0.15, 0.2) is 0 Å². The molecule has 24 heavy (non-hydrogen) atoms. The molecule has 3 unspecified atom stereocenters. The summed E-state index contributed by atoms with van der Waals surface area (Å²) in [6.07, 6.45) is 3.48. The molecule has 0 aromatic carbocycles. The van der Waals surface area contributed by atoms with Gasteiger partial charge in [0.25, 0.3) is 0 Å². The average Bonchev–Trinajstić information content (AvgIpc) is 2.46. The lowest BCUT2D eigenvalue weighted by atomic mass is 9.41. The van der Waals surface area contributed by atoms with Crippen LogP contribution in [0.5, 0.6) is 0 Å². The monoisotopic (exact) mass is 334 g/mol. The third-order valence-electron chi connectivity index (χ3n) is 8.10. The van der Waals surface area contributed by atoms with E-state index in [4.69, 9.17) is 0 Å². The molecule has 0 aromatic heterocycles. The smallest absolute Gasteiger partial charge is 0.133 e. The minimum Gasteiger partial charge on any atom is -0.509 e. The van der Waals surface area contributed by atoms with Crippen molar-refractivity contribution < 1.29 is 15.3 Å². The normalized spacial score (nSPS) is 42.2. The molecule has 0 bridgehead atoms. The molecule has 0 amide bonds. The number of aliphatic hydroxyl groups is 3. The first-order chi connectivity index (χ1) is 11.0. The molecule has 1 saturated carbocycles. The highest BCUT2D eigenvalue weighted by Crippen LogP contribution is 2.68. The summed E-state index contributed by atoms with van der Waals surface area (Å²) in [4.78, 5) is 0. The molecule has 1 fully saturated rings. The van der Waals surface area contributed by atoms with E-state index in [9.17, 15) is 15.3 Å². The molecule has 3 rings (SSSR count). The Morgan fingerprint density at radius 3 is 2.17 bits per heavy atom. The Bertz CT molecular complexity index is 613. The largest absolute Gasteiger partial charge is 0.509 e. The highest BCUT2D eigenvalue weighted by Gasteiger charge is 2.61. The number of aliphatic hydroxyl groups excluding tert-OH is 3. The lowest BCUT2D eigenvalue weighted by Crippen LogP contribution is -2.57. The van der Waals surface area contributed by atoms with Gasteiger partial charge < -0.3 is 15.3 Å². The second-order valence-electron chi connectivity index (χ2n) is 9.64. The van der Waals surface area contributed by atoms with Gasteiger partial charge in [0.2, 0.25) is 0 Å². The van der Waals surface area contributed by atoms with Crippen molar-refractivity contribution in [3.8, 4) is 0 Å². The Kier molecular flexibility index (Phi) is 4.01. The van der Waals surface area contributed by atoms with Crippen LogP contribution < -0.4 is 0 Å². The van der Waals surface area contributed by atoms with Gasteiger partial charge in [-0.05, 0) is 59.0 Å². The van der Waals surface area contributed by atoms with E-state index in [1.54, 1.807) is 0 Å². The van der Waals surface area contributed by atoms with Crippen LogP contribution in [0.1, 0.15) is 73.6 Å². The Morgan fingerprint density at radius 2 is 1.58 bits per heavy atom. The van der Waals surface area contributed by atoms with E-state index < -0.39 is 12.2 Å². The van der Waals surface area contributed by atoms with Gasteiger partial charge in [0, 0.05) is 5.57 Å². The van der Waals surface area contributed by atoms with Crippen molar-refractivity contribution >= 4 is 0 Å². The van der Waals surface area contributed by atoms with Crippen LogP contribution in [-0.4, -0.2) is 27.5 Å². The highest BCUT2D eigenvalue weighted by molar-refractivity contribution is 5.47. The van der Waals surface area contributed by atoms with Gasteiger partial charge in [0.05, 0.1) is 0 Å². The van der Waals surface area contributed by atoms with Crippen LogP contribution in [0.4, 0.5) is 0 Å². The van der Waals surface area contributed by atoms with Crippen molar-refractivity contribution in [2.45, 2.75) is 85.9 Å². The molecule has 3 aliphatic rings. The van der Waals surface area contributed by atoms with E-state index in [1.165, 1.54) is 6.42 Å². The first-order valence-corrected chi connectivity index (χ1v) is 9.50. The summed E-state index contributed by atoms with van der Waals surface area (Å²) < 4.78 is 0. The van der Waals surface area contributed by atoms with E-state index in [0.717, 1.165) is 36.8 Å². The Hall–Kier alpha value is -0.800. The lowest BCUT2D eigenvalue weighted by molar-refractivity contribution is -0.0954. The Labute approximate surface area is 146 Å². The summed E-state index contributed by atoms with van der Waals surface area (Å²) >= 11 is 0. The summed E-state index contributed by atoms with van der Waals surface area (Å²) in [5.41, 5.74) is 2.55. The zero-order chi connectivity index (χ0) is 18.1. The zero-order valence-corrected chi connectivity index (χ0v) is 16.1. The van der Waals surface area contributed by atoms with Crippen molar-refractivity contribution in [2.24, 2.45) is 22.2 Å². The third kappa shape index (κ3) is 2.03. The number of hydrogen-bond acceptors (Lipinski definition) is 3. The first-order valence-electron chi connectivity index (χ1n) is 9.50. The molecule has 0 heterocycles. The van der Waals surface area contributed by atoms with Gasteiger partial charge in [-0.2, -0.15) is 0 Å². The van der Waals surface area contributed by atoms with E-state index >= 15 is 0 Å². The summed E-state index contributed by atoms with van der Waals surface area (Å²) in [5, 5.41) is 32.6. The fraction of sp³-hybridized carbons (Fsp3) is 0.810. The summed E-state index contributed by atoms with van der Waals surface area (Å²) in [5.74, 6) is 0.0118. The Balaban J connectivity index is 2.18. The second-order valence-corrected chi connectivity index (χ2v) is 9.64. The number of hydrogen-bond donors (Lipinski definition) is 3. The van der Waals surface area contributed by atoms with Crippen molar-refractivity contribution in [1.29, 1.82) is 0 Å². The van der Waals surface area contributed by atoms with Gasteiger partial charge >= 0.3 is 0 Å². The second kappa shape index (κ2) is 5.35. The molecule has 0 spiro atoms. The minimum absolute atomic E-state index is 0.00916. The fourth-order valence-electron chi connectivity index (χ4n) is 6.10. The maximum atomic E-state index is 11.0. The van der Waals surface area contributed by atoms with E-state index in [1.807, 2.05) is 13.8 Å². The minimum atomic E-state index is -0.959. The molecule has 3 aliphatic carbocycles. The van der Waals surface area contributed by atoms with Crippen LogP contribution >= 0.6 is 0 Å². The Morgan fingerprint density at radius 1 is 0.958 bits per heavy atom. The average molecular weight is 335 g/mol. The van der Waals surface area contributed by atoms with Gasteiger partial charge in [-0.3, -0.25) is 0 Å². The summed E-state index contributed by atoms with van der Waals surface area (Å²) in [6, 6.07) is 0. The van der Waals surface area contributed by atoms with Gasteiger partial charge in [0.1, 0.15) is 18.0 Å².